The number of nitrogens with zero attached hydrogens (tertiary/aromatic N) is 8. The number of likely N-dealkylation sites (tertiary alicyclic amines) is 1. The lowest BCUT2D eigenvalue weighted by Crippen LogP contribution is -2.49. The highest BCUT2D eigenvalue weighted by atomic mass is 35.5. The van der Waals surface area contributed by atoms with E-state index in [0.29, 0.717) is 42.4 Å². The van der Waals surface area contributed by atoms with Crippen molar-refractivity contribution in [1.82, 2.24) is 45.1 Å². The van der Waals surface area contributed by atoms with Crippen molar-refractivity contribution in [2.45, 2.75) is 117 Å². The van der Waals surface area contributed by atoms with E-state index in [4.69, 9.17) is 30.8 Å². The molecule has 7 aromatic rings. The molecule has 17 heteroatoms. The summed E-state index contributed by atoms with van der Waals surface area (Å²) in [6.45, 7) is 16.6. The van der Waals surface area contributed by atoms with Crippen LogP contribution in [0.5, 0.6) is 5.75 Å². The van der Waals surface area contributed by atoms with Gasteiger partial charge in [-0.05, 0) is 93.8 Å². The largest absolute Gasteiger partial charge is 0.490 e. The van der Waals surface area contributed by atoms with Gasteiger partial charge in [-0.25, -0.2) is 4.98 Å². The van der Waals surface area contributed by atoms with Gasteiger partial charge in [0, 0.05) is 63.8 Å². The lowest BCUT2D eigenvalue weighted by Gasteiger charge is -2.36. The Labute approximate surface area is 428 Å². The number of rotatable bonds is 14. The Kier molecular flexibility index (Phi) is 13.5. The van der Waals surface area contributed by atoms with Crippen LogP contribution in [0, 0.1) is 39.5 Å². The number of aliphatic imine (C=N–C) groups is 1. The van der Waals surface area contributed by atoms with Crippen molar-refractivity contribution >= 4 is 46.4 Å². The predicted molar refractivity (Wildman–Crippen MR) is 278 cm³/mol. The third kappa shape index (κ3) is 9.61. The molecule has 4 aromatic heterocycles. The normalized spacial score (nSPS) is 20.2. The van der Waals surface area contributed by atoms with Gasteiger partial charge in [-0.15, -0.1) is 21.5 Å². The van der Waals surface area contributed by atoms with Crippen LogP contribution in [0.15, 0.2) is 101 Å². The smallest absolute Gasteiger partial charge is 0.248 e. The fraction of sp³-hybridized carbons (Fsp3) is 0.382. The Bertz CT molecular complexity index is 3180. The first-order chi connectivity index (χ1) is 34.6. The van der Waals surface area contributed by atoms with E-state index in [1.807, 2.05) is 114 Å². The first kappa shape index (κ1) is 48.7. The minimum absolute atomic E-state index is 0.0492. The molecule has 1 saturated carbocycles. The third-order valence-electron chi connectivity index (χ3n) is 14.3. The maximum atomic E-state index is 14.5. The fourth-order valence-corrected chi connectivity index (χ4v) is 11.6. The fourth-order valence-electron chi connectivity index (χ4n) is 10.3. The van der Waals surface area contributed by atoms with Crippen LogP contribution in [0.4, 0.5) is 0 Å². The second kappa shape index (κ2) is 19.9. The zero-order chi connectivity index (χ0) is 50.5. The summed E-state index contributed by atoms with van der Waals surface area (Å²) < 4.78 is 15.8. The van der Waals surface area contributed by atoms with Crippen LogP contribution in [0.1, 0.15) is 116 Å². The maximum Gasteiger partial charge on any atom is 0.248 e. The number of hydrogen-bond acceptors (Lipinski definition) is 11. The molecule has 0 bridgehead atoms. The van der Waals surface area contributed by atoms with Crippen LogP contribution in [0.25, 0.3) is 27.5 Å². The van der Waals surface area contributed by atoms with E-state index < -0.39 is 18.1 Å². The van der Waals surface area contributed by atoms with Crippen LogP contribution < -0.4 is 15.4 Å². The summed E-state index contributed by atoms with van der Waals surface area (Å²) in [5.41, 5.74) is 8.29. The van der Waals surface area contributed by atoms with Gasteiger partial charge in [0.15, 0.2) is 18.0 Å². The van der Waals surface area contributed by atoms with Gasteiger partial charge in [0.1, 0.15) is 40.8 Å². The number of carbonyl (C=O) groups is 3. The zero-order valence-corrected chi connectivity index (χ0v) is 43.3. The van der Waals surface area contributed by atoms with Crippen LogP contribution in [-0.2, 0) is 14.4 Å². The average molecular weight is 1010 g/mol. The number of nitrogens with one attached hydrogen (secondary N) is 2. The van der Waals surface area contributed by atoms with Crippen LogP contribution >= 0.6 is 22.9 Å². The van der Waals surface area contributed by atoms with Crippen molar-refractivity contribution in [2.24, 2.45) is 16.8 Å². The summed E-state index contributed by atoms with van der Waals surface area (Å²) >= 11 is 7.97. The van der Waals surface area contributed by atoms with Gasteiger partial charge in [0.2, 0.25) is 17.7 Å². The van der Waals surface area contributed by atoms with E-state index in [1.54, 1.807) is 27.1 Å². The molecule has 0 spiro atoms. The Hall–Kier alpha value is -6.91. The Balaban J connectivity index is 0.762. The second-order valence-electron chi connectivity index (χ2n) is 20.0. The molecule has 3 aromatic carbocycles. The number of halogens is 1. The molecule has 0 radical (unpaired) electrons. The quantitative estimate of drug-likeness (QED) is 0.107. The molecule has 0 unspecified atom stereocenters. The number of hydrogen-bond donors (Lipinski definition) is 2. The molecule has 10 rings (SSSR count). The summed E-state index contributed by atoms with van der Waals surface area (Å²) in [4.78, 5) is 54.6. The van der Waals surface area contributed by atoms with Gasteiger partial charge >= 0.3 is 0 Å². The van der Waals surface area contributed by atoms with Crippen molar-refractivity contribution in [3.8, 4) is 33.2 Å². The summed E-state index contributed by atoms with van der Waals surface area (Å²) in [5.74, 6) is 2.45. The summed E-state index contributed by atoms with van der Waals surface area (Å²) in [7, 11) is 0. The lowest BCUT2D eigenvalue weighted by atomic mass is 9.89. The molecular weight excluding hydrogens is 948 g/mol. The van der Waals surface area contributed by atoms with E-state index in [9.17, 15) is 14.4 Å². The van der Waals surface area contributed by atoms with Crippen LogP contribution in [0.2, 0.25) is 5.02 Å². The van der Waals surface area contributed by atoms with E-state index >= 15 is 0 Å². The molecule has 6 heterocycles. The first-order valence-corrected chi connectivity index (χ1v) is 25.9. The molecule has 15 nitrogen and oxygen atoms in total. The number of amides is 3. The molecule has 2 fully saturated rings. The maximum absolute atomic E-state index is 14.5. The van der Waals surface area contributed by atoms with Gasteiger partial charge in [-0.2, -0.15) is 5.10 Å². The van der Waals surface area contributed by atoms with Gasteiger partial charge in [0.05, 0.1) is 30.1 Å². The number of aromatic nitrogens is 6. The zero-order valence-electron chi connectivity index (χ0n) is 41.7. The molecule has 1 aliphatic carbocycles. The van der Waals surface area contributed by atoms with Gasteiger partial charge in [-0.1, -0.05) is 80.9 Å². The molecular formula is C55H59ClN10O5S. The molecule has 2 N–H and O–H groups in total. The number of thiophene rings is 1. The highest BCUT2D eigenvalue weighted by Gasteiger charge is 2.42. The molecule has 3 amide bonds. The Morgan fingerprint density at radius 2 is 1.67 bits per heavy atom. The van der Waals surface area contributed by atoms with E-state index in [1.165, 1.54) is 11.3 Å². The average Bonchev–Trinajstić information content (AvgIpc) is 4.19. The highest BCUT2D eigenvalue weighted by Crippen LogP contribution is 2.40. The Morgan fingerprint density at radius 1 is 0.917 bits per heavy atom. The van der Waals surface area contributed by atoms with Gasteiger partial charge in [-0.3, -0.25) is 28.6 Å². The summed E-state index contributed by atoms with van der Waals surface area (Å²) in [6, 6.07) is 21.3. The van der Waals surface area contributed by atoms with E-state index in [-0.39, 0.29) is 54.2 Å². The molecule has 1 saturated heterocycles. The van der Waals surface area contributed by atoms with Crippen molar-refractivity contribution in [2.75, 3.05) is 6.54 Å². The Morgan fingerprint density at radius 3 is 2.39 bits per heavy atom. The lowest BCUT2D eigenvalue weighted by molar-refractivity contribution is -0.142. The molecule has 2 aliphatic heterocycles. The number of oxazole rings is 1. The third-order valence-corrected chi connectivity index (χ3v) is 15.8. The van der Waals surface area contributed by atoms with Crippen molar-refractivity contribution < 1.29 is 23.5 Å². The highest BCUT2D eigenvalue weighted by molar-refractivity contribution is 7.15. The predicted octanol–water partition coefficient (Wildman–Crippen LogP) is 10.1. The molecule has 5 atom stereocenters. The van der Waals surface area contributed by atoms with Crippen molar-refractivity contribution in [3.05, 3.63) is 141 Å². The molecule has 3 aliphatic rings. The summed E-state index contributed by atoms with van der Waals surface area (Å²) in [5, 5.41) is 21.8. The number of fused-ring (bicyclic) bond motifs is 3. The number of ether oxygens (including phenoxy) is 1. The minimum atomic E-state index is -0.616. The van der Waals surface area contributed by atoms with Crippen molar-refractivity contribution in [3.63, 3.8) is 0 Å². The van der Waals surface area contributed by atoms with Gasteiger partial charge in [0.25, 0.3) is 0 Å². The van der Waals surface area contributed by atoms with Crippen molar-refractivity contribution in [1.29, 1.82) is 0 Å². The number of carbonyl (C=O) groups excluding carboxylic acids is 3. The number of aryl methyl sites for hydroxylation is 3. The van der Waals surface area contributed by atoms with Crippen LogP contribution in [-0.4, -0.2) is 82.6 Å². The molecule has 372 valence electrons. The SMILES string of the molecule is Cc1ncoc1-c1ccc([C@H](C)NC(=O)[C@@H]2C[C@@H](C)CN2C(=O)[C@@H](C(C)C)n2cc(-c3cccc(OC4CC(NC(=O)C[C@@H]5N=C(c6ccc(Cl)cc6)c6c(sc(C)c6C)-n6c(C)nnc65)C4)c3)cn2)cc1. The minimum Gasteiger partial charge on any atom is -0.490 e. The summed E-state index contributed by atoms with van der Waals surface area (Å²) in [6.07, 6.45) is 7.03. The number of benzene rings is 3. The van der Waals surface area contributed by atoms with E-state index in [2.05, 4.69) is 51.2 Å². The second-order valence-corrected chi connectivity index (χ2v) is 21.6. The molecule has 72 heavy (non-hydrogen) atoms. The topological polar surface area (TPSA) is 175 Å². The standard InChI is InChI=1S/C55H59ClN10O5S/c1-29(2)50(54(69)64-26-30(3)20-46(64)53(68)59-32(5)36-12-14-38(15-13-36)51-33(6)57-28-70-51)65-27-40(25-58-65)39-10-9-11-43(21-39)71-44-22-42(23-44)60-47(67)24-45-52-63-62-35(8)66(52)55-48(31(4)34(7)72-55)49(61-45)37-16-18-41(56)19-17-37/h9-19,21,25,27-30,32,42,44-46,50H,20,22-24,26H2,1-8H3,(H,59,68)(H,60,67)/t30-,32+,42?,44?,45+,46+,50-/m1/s1. The van der Waals surface area contributed by atoms with Gasteiger partial charge < -0.3 is 24.7 Å². The van der Waals surface area contributed by atoms with Crippen LogP contribution in [0.3, 0.4) is 0 Å². The van der Waals surface area contributed by atoms with E-state index in [0.717, 1.165) is 66.9 Å². The monoisotopic (exact) mass is 1010 g/mol. The first-order valence-electron chi connectivity index (χ1n) is 24.7.